The Hall–Kier alpha value is -1.62. The highest BCUT2D eigenvalue weighted by Gasteiger charge is 2.03. The molecular formula is C11H16N4O. The molecule has 0 aliphatic heterocycles. The van der Waals surface area contributed by atoms with Crippen molar-refractivity contribution in [2.24, 2.45) is 0 Å². The van der Waals surface area contributed by atoms with Crippen molar-refractivity contribution in [2.45, 2.75) is 33.0 Å². The van der Waals surface area contributed by atoms with Crippen molar-refractivity contribution in [3.05, 3.63) is 36.3 Å². The molecule has 5 nitrogen and oxygen atoms in total. The molecule has 2 heterocycles. The van der Waals surface area contributed by atoms with Crippen LogP contribution in [-0.2, 0) is 13.1 Å². The molecule has 5 heteroatoms. The minimum atomic E-state index is 0.462. The van der Waals surface area contributed by atoms with Crippen molar-refractivity contribution in [2.75, 3.05) is 0 Å². The number of rotatable bonds is 5. The van der Waals surface area contributed by atoms with Crippen LogP contribution in [0.25, 0.3) is 0 Å². The lowest BCUT2D eigenvalue weighted by molar-refractivity contribution is 0.421. The molecule has 0 amide bonds. The van der Waals surface area contributed by atoms with E-state index in [0.29, 0.717) is 12.6 Å². The van der Waals surface area contributed by atoms with Gasteiger partial charge in [-0.3, -0.25) is 0 Å². The van der Waals surface area contributed by atoms with E-state index in [1.165, 1.54) is 6.33 Å². The smallest absolute Gasteiger partial charge is 0.137 e. The second-order valence-corrected chi connectivity index (χ2v) is 4.00. The van der Waals surface area contributed by atoms with Gasteiger partial charge in [0.2, 0.25) is 0 Å². The van der Waals surface area contributed by atoms with Gasteiger partial charge in [0.1, 0.15) is 30.7 Å². The number of nitrogens with zero attached hydrogens (tertiary/aromatic N) is 3. The summed E-state index contributed by atoms with van der Waals surface area (Å²) in [4.78, 5) is 3.88. The Morgan fingerprint density at radius 1 is 1.38 bits per heavy atom. The molecule has 1 N–H and O–H groups in total. The molecule has 0 radical (unpaired) electrons. The lowest BCUT2D eigenvalue weighted by atomic mass is 10.3. The van der Waals surface area contributed by atoms with Crippen LogP contribution in [-0.4, -0.2) is 20.8 Å². The van der Waals surface area contributed by atoms with Crippen LogP contribution in [0.1, 0.15) is 25.4 Å². The maximum atomic E-state index is 5.66. The fourth-order valence-electron chi connectivity index (χ4n) is 1.38. The van der Waals surface area contributed by atoms with Crippen LogP contribution in [0.3, 0.4) is 0 Å². The van der Waals surface area contributed by atoms with E-state index in [4.69, 9.17) is 4.42 Å². The summed E-state index contributed by atoms with van der Waals surface area (Å²) >= 11 is 0. The Balaban J connectivity index is 1.92. The first-order valence-electron chi connectivity index (χ1n) is 5.37. The van der Waals surface area contributed by atoms with Crippen molar-refractivity contribution in [1.82, 2.24) is 20.1 Å². The van der Waals surface area contributed by atoms with Gasteiger partial charge in [0.15, 0.2) is 0 Å². The zero-order valence-corrected chi connectivity index (χ0v) is 9.55. The van der Waals surface area contributed by atoms with Gasteiger partial charge in [0.05, 0.1) is 6.54 Å². The molecule has 0 saturated heterocycles. The Kier molecular flexibility index (Phi) is 3.36. The van der Waals surface area contributed by atoms with Crippen molar-refractivity contribution < 1.29 is 4.42 Å². The molecule has 0 aromatic carbocycles. The average Bonchev–Trinajstić information content (AvgIpc) is 2.87. The van der Waals surface area contributed by atoms with E-state index in [2.05, 4.69) is 29.2 Å². The van der Waals surface area contributed by atoms with Gasteiger partial charge in [-0.25, -0.2) is 9.67 Å². The maximum absolute atomic E-state index is 5.66. The molecule has 0 bridgehead atoms. The van der Waals surface area contributed by atoms with E-state index in [1.54, 1.807) is 11.0 Å². The second-order valence-electron chi connectivity index (χ2n) is 4.00. The SMILES string of the molecule is CC(C)NCc1ccc(Cn2cncn2)o1. The van der Waals surface area contributed by atoms with Gasteiger partial charge in [-0.2, -0.15) is 5.10 Å². The van der Waals surface area contributed by atoms with E-state index in [9.17, 15) is 0 Å². The first-order valence-corrected chi connectivity index (χ1v) is 5.37. The molecule has 2 aromatic rings. The fraction of sp³-hybridized carbons (Fsp3) is 0.455. The van der Waals surface area contributed by atoms with Gasteiger partial charge in [-0.1, -0.05) is 13.8 Å². The lowest BCUT2D eigenvalue weighted by Crippen LogP contribution is -2.21. The Morgan fingerprint density at radius 3 is 2.88 bits per heavy atom. The minimum Gasteiger partial charge on any atom is -0.463 e. The fourth-order valence-corrected chi connectivity index (χ4v) is 1.38. The molecule has 0 spiro atoms. The topological polar surface area (TPSA) is 55.9 Å². The largest absolute Gasteiger partial charge is 0.463 e. The predicted octanol–water partition coefficient (Wildman–Crippen LogP) is 1.42. The number of hydrogen-bond donors (Lipinski definition) is 1. The molecule has 0 fully saturated rings. The van der Waals surface area contributed by atoms with Crippen LogP contribution in [0, 0.1) is 0 Å². The highest BCUT2D eigenvalue weighted by atomic mass is 16.3. The van der Waals surface area contributed by atoms with E-state index in [-0.39, 0.29) is 0 Å². The summed E-state index contributed by atoms with van der Waals surface area (Å²) in [6.45, 7) is 5.61. The molecule has 0 aliphatic rings. The molecule has 0 saturated carbocycles. The van der Waals surface area contributed by atoms with E-state index in [1.807, 2.05) is 12.1 Å². The normalized spacial score (nSPS) is 11.2. The Morgan fingerprint density at radius 2 is 2.19 bits per heavy atom. The third kappa shape index (κ3) is 2.93. The first-order chi connectivity index (χ1) is 7.74. The maximum Gasteiger partial charge on any atom is 0.137 e. The first kappa shape index (κ1) is 10.9. The van der Waals surface area contributed by atoms with Crippen molar-refractivity contribution in [3.8, 4) is 0 Å². The van der Waals surface area contributed by atoms with Gasteiger partial charge >= 0.3 is 0 Å². The van der Waals surface area contributed by atoms with E-state index in [0.717, 1.165) is 18.1 Å². The predicted molar refractivity (Wildman–Crippen MR) is 59.8 cm³/mol. The molecule has 0 atom stereocenters. The quantitative estimate of drug-likeness (QED) is 0.828. The highest BCUT2D eigenvalue weighted by molar-refractivity contribution is 5.07. The number of hydrogen-bond acceptors (Lipinski definition) is 4. The third-order valence-electron chi connectivity index (χ3n) is 2.19. The summed E-state index contributed by atoms with van der Waals surface area (Å²) in [6, 6.07) is 4.42. The standard InChI is InChI=1S/C11H16N4O/c1-9(2)13-5-10-3-4-11(16-10)6-15-8-12-7-14-15/h3-4,7-9,13H,5-6H2,1-2H3. The molecular weight excluding hydrogens is 204 g/mol. The van der Waals surface area contributed by atoms with Crippen molar-refractivity contribution in [1.29, 1.82) is 0 Å². The van der Waals surface area contributed by atoms with Crippen LogP contribution >= 0.6 is 0 Å². The van der Waals surface area contributed by atoms with Crippen LogP contribution in [0.4, 0.5) is 0 Å². The molecule has 2 aromatic heterocycles. The van der Waals surface area contributed by atoms with Crippen LogP contribution in [0.5, 0.6) is 0 Å². The van der Waals surface area contributed by atoms with Gasteiger partial charge in [-0.15, -0.1) is 0 Å². The third-order valence-corrected chi connectivity index (χ3v) is 2.19. The molecule has 2 rings (SSSR count). The molecule has 16 heavy (non-hydrogen) atoms. The van der Waals surface area contributed by atoms with Crippen LogP contribution < -0.4 is 5.32 Å². The van der Waals surface area contributed by atoms with Gasteiger partial charge in [0.25, 0.3) is 0 Å². The van der Waals surface area contributed by atoms with Gasteiger partial charge < -0.3 is 9.73 Å². The summed E-state index contributed by atoms with van der Waals surface area (Å²) in [5.74, 6) is 1.84. The Labute approximate surface area is 94.5 Å². The number of furan rings is 1. The zero-order chi connectivity index (χ0) is 11.4. The second kappa shape index (κ2) is 4.94. The lowest BCUT2D eigenvalue weighted by Gasteiger charge is -2.05. The number of aromatic nitrogens is 3. The summed E-state index contributed by atoms with van der Waals surface area (Å²) in [7, 11) is 0. The minimum absolute atomic E-state index is 0.462. The molecule has 0 aliphatic carbocycles. The highest BCUT2D eigenvalue weighted by Crippen LogP contribution is 2.08. The van der Waals surface area contributed by atoms with E-state index < -0.39 is 0 Å². The zero-order valence-electron chi connectivity index (χ0n) is 9.55. The summed E-state index contributed by atoms with van der Waals surface area (Å²) in [5.41, 5.74) is 0. The van der Waals surface area contributed by atoms with Crippen LogP contribution in [0.2, 0.25) is 0 Å². The molecule has 0 unspecified atom stereocenters. The number of nitrogens with one attached hydrogen (secondary N) is 1. The monoisotopic (exact) mass is 220 g/mol. The van der Waals surface area contributed by atoms with E-state index >= 15 is 0 Å². The summed E-state index contributed by atoms with van der Waals surface area (Å²) in [6.07, 6.45) is 3.19. The van der Waals surface area contributed by atoms with Gasteiger partial charge in [-0.05, 0) is 12.1 Å². The van der Waals surface area contributed by atoms with Crippen molar-refractivity contribution in [3.63, 3.8) is 0 Å². The Bertz CT molecular complexity index is 419. The summed E-state index contributed by atoms with van der Waals surface area (Å²) in [5, 5.41) is 7.33. The van der Waals surface area contributed by atoms with Crippen molar-refractivity contribution >= 4 is 0 Å². The summed E-state index contributed by atoms with van der Waals surface area (Å²) < 4.78 is 7.39. The molecule has 86 valence electrons. The van der Waals surface area contributed by atoms with Gasteiger partial charge in [0, 0.05) is 6.04 Å². The van der Waals surface area contributed by atoms with Crippen LogP contribution in [0.15, 0.2) is 29.2 Å². The average molecular weight is 220 g/mol.